The van der Waals surface area contributed by atoms with Gasteiger partial charge in [-0.25, -0.2) is 15.0 Å². The van der Waals surface area contributed by atoms with E-state index in [0.29, 0.717) is 18.1 Å². The van der Waals surface area contributed by atoms with E-state index in [1.54, 1.807) is 7.11 Å². The third-order valence-electron chi connectivity index (χ3n) is 9.80. The predicted molar refractivity (Wildman–Crippen MR) is 204 cm³/mol. The van der Waals surface area contributed by atoms with Gasteiger partial charge in [0.15, 0.2) is 0 Å². The second-order valence-electron chi connectivity index (χ2n) is 14.9. The van der Waals surface area contributed by atoms with Crippen molar-refractivity contribution in [2.45, 2.75) is 59.5 Å². The molecule has 3 N–H and O–H groups in total. The normalized spacial score (nSPS) is 15.3. The van der Waals surface area contributed by atoms with Crippen molar-refractivity contribution in [1.82, 2.24) is 35.1 Å². The molecule has 0 spiro atoms. The van der Waals surface area contributed by atoms with Gasteiger partial charge in [-0.1, -0.05) is 107 Å². The molecule has 266 valence electrons. The Balaban J connectivity index is 1.04. The van der Waals surface area contributed by atoms with Crippen LogP contribution in [0.1, 0.15) is 81.7 Å². The molecule has 10 nitrogen and oxygen atoms in total. The van der Waals surface area contributed by atoms with E-state index in [9.17, 15) is 9.59 Å². The highest BCUT2D eigenvalue weighted by molar-refractivity contribution is 6.05. The minimum absolute atomic E-state index is 0.00312. The number of fused-ring (bicyclic) bond motifs is 1. The van der Waals surface area contributed by atoms with Gasteiger partial charge in [-0.3, -0.25) is 9.59 Å². The number of aromatic amines is 2. The molecular weight excluding hydrogens is 651 g/mol. The summed E-state index contributed by atoms with van der Waals surface area (Å²) in [5.74, 6) is 1.99. The average Bonchev–Trinajstić information content (AvgIpc) is 3.94. The molecule has 0 unspecified atom stereocenters. The Morgan fingerprint density at radius 2 is 1.48 bits per heavy atom. The molecule has 0 bridgehead atoms. The topological polar surface area (TPSA) is 129 Å². The van der Waals surface area contributed by atoms with Crippen LogP contribution < -0.4 is 10.1 Å². The molecule has 0 aliphatic carbocycles. The summed E-state index contributed by atoms with van der Waals surface area (Å²) >= 11 is 0. The monoisotopic (exact) mass is 695 g/mol. The SMILES string of the molecule is COc1cc2ccccc2c(C(=O)N2CCC[C@H]2c2ncc(-c3ccc(-c4ccc(-c5cnc([C@@H](NC(=O)C(C)(C)C)C(C)C)[nH]5)cc4)cc3)[nH]2)n1. The number of ether oxygens (including phenoxy) is 1. The number of amides is 2. The van der Waals surface area contributed by atoms with Gasteiger partial charge in [0.25, 0.3) is 5.91 Å². The van der Waals surface area contributed by atoms with E-state index in [2.05, 4.69) is 87.6 Å². The van der Waals surface area contributed by atoms with Crippen LogP contribution in [0.25, 0.3) is 44.4 Å². The number of nitrogens with one attached hydrogen (secondary N) is 3. The molecule has 1 aliphatic heterocycles. The lowest BCUT2D eigenvalue weighted by molar-refractivity contribution is -0.129. The Morgan fingerprint density at radius 1 is 0.865 bits per heavy atom. The first-order valence-corrected chi connectivity index (χ1v) is 17.9. The quantitative estimate of drug-likeness (QED) is 0.139. The standard InChI is InChI=1S/C42H45N7O3/c1-25(2)36(48-41(51)42(3,4)5)39-44-24-33(46-39)29-19-15-27(16-20-29)26-13-17-28(18-14-26)32-23-43-38(45-32)34-12-9-21-49(34)40(50)37-31-11-8-7-10-30(31)22-35(47-37)52-6/h7-8,10-11,13-20,22-25,34,36H,9,12,21H2,1-6H3,(H,43,45)(H,44,46)(H,48,51)/t34-,36-/m0/s1. The average molecular weight is 696 g/mol. The number of aromatic nitrogens is 5. The van der Waals surface area contributed by atoms with E-state index in [-0.39, 0.29) is 29.8 Å². The first-order chi connectivity index (χ1) is 25.0. The molecule has 0 saturated carbocycles. The molecule has 0 radical (unpaired) electrons. The van der Waals surface area contributed by atoms with Gasteiger partial charge < -0.3 is 24.9 Å². The van der Waals surface area contributed by atoms with E-state index in [1.165, 1.54) is 0 Å². The van der Waals surface area contributed by atoms with Crippen LogP contribution >= 0.6 is 0 Å². The maximum absolute atomic E-state index is 13.9. The fraction of sp³-hybridized carbons (Fsp3) is 0.310. The van der Waals surface area contributed by atoms with E-state index in [1.807, 2.05) is 68.4 Å². The fourth-order valence-corrected chi connectivity index (χ4v) is 6.76. The van der Waals surface area contributed by atoms with Gasteiger partial charge in [0, 0.05) is 23.4 Å². The van der Waals surface area contributed by atoms with Crippen molar-refractivity contribution in [1.29, 1.82) is 0 Å². The molecule has 7 rings (SSSR count). The highest BCUT2D eigenvalue weighted by atomic mass is 16.5. The van der Waals surface area contributed by atoms with Gasteiger partial charge >= 0.3 is 0 Å². The van der Waals surface area contributed by atoms with Crippen molar-refractivity contribution >= 4 is 22.6 Å². The largest absolute Gasteiger partial charge is 0.481 e. The molecular formula is C42H45N7O3. The first kappa shape index (κ1) is 34.7. The third kappa shape index (κ3) is 6.93. The van der Waals surface area contributed by atoms with Crippen molar-refractivity contribution in [3.05, 3.63) is 109 Å². The lowest BCUT2D eigenvalue weighted by Gasteiger charge is -2.25. The summed E-state index contributed by atoms with van der Waals surface area (Å²) in [6, 6.07) is 26.0. The number of hydrogen-bond acceptors (Lipinski definition) is 6. The molecule has 10 heteroatoms. The predicted octanol–water partition coefficient (Wildman–Crippen LogP) is 8.53. The zero-order valence-electron chi connectivity index (χ0n) is 30.5. The molecule has 52 heavy (non-hydrogen) atoms. The van der Waals surface area contributed by atoms with E-state index >= 15 is 0 Å². The van der Waals surface area contributed by atoms with Gasteiger partial charge in [-0.15, -0.1) is 0 Å². The van der Waals surface area contributed by atoms with Crippen LogP contribution in [-0.2, 0) is 4.79 Å². The molecule has 2 atom stereocenters. The minimum Gasteiger partial charge on any atom is -0.481 e. The highest BCUT2D eigenvalue weighted by Crippen LogP contribution is 2.35. The van der Waals surface area contributed by atoms with Crippen LogP contribution in [0.15, 0.2) is 91.3 Å². The second kappa shape index (κ2) is 14.1. The molecule has 3 aromatic carbocycles. The number of methoxy groups -OCH3 is 1. The number of carbonyl (C=O) groups excluding carboxylic acids is 2. The minimum atomic E-state index is -0.482. The van der Waals surface area contributed by atoms with Crippen molar-refractivity contribution in [2.75, 3.05) is 13.7 Å². The zero-order chi connectivity index (χ0) is 36.6. The number of imidazole rings is 2. The summed E-state index contributed by atoms with van der Waals surface area (Å²) in [6.07, 6.45) is 5.38. The van der Waals surface area contributed by atoms with E-state index in [4.69, 9.17) is 9.72 Å². The Labute approximate surface area is 304 Å². The van der Waals surface area contributed by atoms with Crippen LogP contribution in [0.5, 0.6) is 5.88 Å². The van der Waals surface area contributed by atoms with Crippen LogP contribution in [0.4, 0.5) is 0 Å². The number of H-pyrrole nitrogens is 2. The van der Waals surface area contributed by atoms with Crippen LogP contribution in [0.3, 0.4) is 0 Å². The summed E-state index contributed by atoms with van der Waals surface area (Å²) in [4.78, 5) is 49.4. The Morgan fingerprint density at radius 3 is 2.12 bits per heavy atom. The Kier molecular flexibility index (Phi) is 9.40. The van der Waals surface area contributed by atoms with Crippen LogP contribution in [0.2, 0.25) is 0 Å². The van der Waals surface area contributed by atoms with Crippen molar-refractivity contribution in [2.24, 2.45) is 11.3 Å². The highest BCUT2D eigenvalue weighted by Gasteiger charge is 2.34. The number of hydrogen-bond donors (Lipinski definition) is 3. The molecule has 6 aromatic rings. The smallest absolute Gasteiger partial charge is 0.273 e. The van der Waals surface area contributed by atoms with Gasteiger partial charge in [-0.2, -0.15) is 0 Å². The first-order valence-electron chi connectivity index (χ1n) is 17.9. The number of likely N-dealkylation sites (tertiary alicyclic amines) is 1. The Hall–Kier alpha value is -5.77. The Bertz CT molecular complexity index is 2210. The molecule has 1 saturated heterocycles. The van der Waals surface area contributed by atoms with Gasteiger partial charge in [0.05, 0.1) is 43.0 Å². The van der Waals surface area contributed by atoms with Gasteiger partial charge in [0.2, 0.25) is 11.8 Å². The third-order valence-corrected chi connectivity index (χ3v) is 9.80. The van der Waals surface area contributed by atoms with E-state index in [0.717, 1.165) is 68.9 Å². The molecule has 1 fully saturated rings. The lowest BCUT2D eigenvalue weighted by atomic mass is 9.94. The van der Waals surface area contributed by atoms with E-state index < -0.39 is 5.41 Å². The molecule has 3 aromatic heterocycles. The number of benzene rings is 3. The zero-order valence-corrected chi connectivity index (χ0v) is 30.5. The number of nitrogens with zero attached hydrogens (tertiary/aromatic N) is 4. The summed E-state index contributed by atoms with van der Waals surface area (Å²) in [6.45, 7) is 10.5. The summed E-state index contributed by atoms with van der Waals surface area (Å²) in [5, 5.41) is 4.88. The molecule has 4 heterocycles. The van der Waals surface area contributed by atoms with Crippen LogP contribution in [0, 0.1) is 11.3 Å². The van der Waals surface area contributed by atoms with Crippen molar-refractivity contribution < 1.29 is 14.3 Å². The van der Waals surface area contributed by atoms with Gasteiger partial charge in [0.1, 0.15) is 17.3 Å². The van der Waals surface area contributed by atoms with Crippen molar-refractivity contribution in [3.63, 3.8) is 0 Å². The summed E-state index contributed by atoms with van der Waals surface area (Å²) in [7, 11) is 1.57. The maximum Gasteiger partial charge on any atom is 0.273 e. The summed E-state index contributed by atoms with van der Waals surface area (Å²) in [5.41, 5.74) is 5.93. The second-order valence-corrected chi connectivity index (χ2v) is 14.9. The number of pyridine rings is 1. The molecule has 2 amide bonds. The maximum atomic E-state index is 13.9. The van der Waals surface area contributed by atoms with Gasteiger partial charge in [-0.05, 0) is 46.4 Å². The van der Waals surface area contributed by atoms with Crippen molar-refractivity contribution in [3.8, 4) is 39.5 Å². The molecule has 1 aliphatic rings. The summed E-state index contributed by atoms with van der Waals surface area (Å²) < 4.78 is 5.42. The fourth-order valence-electron chi connectivity index (χ4n) is 6.76. The lowest BCUT2D eigenvalue weighted by Crippen LogP contribution is -2.39. The van der Waals surface area contributed by atoms with Crippen LogP contribution in [-0.4, -0.2) is 55.3 Å². The number of rotatable bonds is 9. The number of carbonyl (C=O) groups is 2.